The van der Waals surface area contributed by atoms with Gasteiger partial charge in [0, 0.05) is 23.8 Å². The molecular weight excluding hydrogens is 356 g/mol. The summed E-state index contributed by atoms with van der Waals surface area (Å²) in [5, 5.41) is 5.92. The Morgan fingerprint density at radius 2 is 1.50 bits per heavy atom. The molecule has 7 heteroatoms. The Morgan fingerprint density at radius 3 is 2.07 bits per heavy atom. The van der Waals surface area contributed by atoms with Crippen LogP contribution >= 0.6 is 0 Å². The maximum atomic E-state index is 12.5. The Hall–Kier alpha value is -3.74. The third-order valence-corrected chi connectivity index (χ3v) is 4.20. The van der Waals surface area contributed by atoms with Crippen molar-refractivity contribution in [3.8, 4) is 0 Å². The van der Waals surface area contributed by atoms with Crippen molar-refractivity contribution in [2.45, 2.75) is 13.8 Å². The van der Waals surface area contributed by atoms with Crippen LogP contribution in [0.15, 0.2) is 54.9 Å². The van der Waals surface area contributed by atoms with Crippen molar-refractivity contribution in [2.75, 3.05) is 17.7 Å². The van der Waals surface area contributed by atoms with E-state index in [0.717, 1.165) is 16.8 Å². The SMILES string of the molecule is COC(=O)c1ccc(Nc2ncc(C(=O)Nc3c(C)cccc3C)cn2)cc1. The second-order valence-corrected chi connectivity index (χ2v) is 6.21. The normalized spacial score (nSPS) is 10.2. The van der Waals surface area contributed by atoms with Crippen molar-refractivity contribution < 1.29 is 14.3 Å². The first-order valence-electron chi connectivity index (χ1n) is 8.63. The molecule has 142 valence electrons. The van der Waals surface area contributed by atoms with E-state index < -0.39 is 5.97 Å². The lowest BCUT2D eigenvalue weighted by atomic mass is 10.1. The maximum absolute atomic E-state index is 12.5. The lowest BCUT2D eigenvalue weighted by Crippen LogP contribution is -2.14. The van der Waals surface area contributed by atoms with Crippen LogP contribution in [-0.4, -0.2) is 29.0 Å². The number of aryl methyl sites for hydroxylation is 2. The highest BCUT2D eigenvalue weighted by Crippen LogP contribution is 2.20. The number of ether oxygens (including phenoxy) is 1. The molecule has 0 fully saturated rings. The largest absolute Gasteiger partial charge is 0.465 e. The molecule has 3 aromatic rings. The predicted octanol–water partition coefficient (Wildman–Crippen LogP) is 3.88. The molecule has 0 atom stereocenters. The van der Waals surface area contributed by atoms with Gasteiger partial charge in [-0.2, -0.15) is 0 Å². The van der Waals surface area contributed by atoms with E-state index in [1.54, 1.807) is 24.3 Å². The van der Waals surface area contributed by atoms with Crippen LogP contribution in [0.3, 0.4) is 0 Å². The van der Waals surface area contributed by atoms with Crippen molar-refractivity contribution in [3.05, 3.63) is 77.1 Å². The summed E-state index contributed by atoms with van der Waals surface area (Å²) in [7, 11) is 1.33. The second-order valence-electron chi connectivity index (χ2n) is 6.21. The van der Waals surface area contributed by atoms with Crippen LogP contribution in [0, 0.1) is 13.8 Å². The average Bonchev–Trinajstić information content (AvgIpc) is 2.71. The number of carbonyl (C=O) groups is 2. The summed E-state index contributed by atoms with van der Waals surface area (Å²) in [5.74, 6) is -0.331. The summed E-state index contributed by atoms with van der Waals surface area (Å²) in [4.78, 5) is 32.3. The number of aromatic nitrogens is 2. The van der Waals surface area contributed by atoms with E-state index in [1.165, 1.54) is 19.5 Å². The molecule has 2 aromatic carbocycles. The van der Waals surface area contributed by atoms with Gasteiger partial charge in [-0.1, -0.05) is 18.2 Å². The number of methoxy groups -OCH3 is 1. The smallest absolute Gasteiger partial charge is 0.337 e. The fourth-order valence-electron chi connectivity index (χ4n) is 2.64. The van der Waals surface area contributed by atoms with Crippen molar-refractivity contribution >= 4 is 29.2 Å². The monoisotopic (exact) mass is 376 g/mol. The molecule has 1 aromatic heterocycles. The van der Waals surface area contributed by atoms with Crippen molar-refractivity contribution in [2.24, 2.45) is 0 Å². The number of hydrogen-bond acceptors (Lipinski definition) is 6. The molecule has 28 heavy (non-hydrogen) atoms. The fraction of sp³-hybridized carbons (Fsp3) is 0.143. The standard InChI is InChI=1S/C21H20N4O3/c1-13-5-4-6-14(2)18(13)25-19(26)16-11-22-21(23-12-16)24-17-9-7-15(8-10-17)20(27)28-3/h4-12H,1-3H3,(H,25,26)(H,22,23,24). The third kappa shape index (κ3) is 4.32. The molecule has 1 heterocycles. The topological polar surface area (TPSA) is 93.2 Å². The van der Waals surface area contributed by atoms with Crippen LogP contribution in [0.1, 0.15) is 31.8 Å². The minimum atomic E-state index is -0.401. The molecule has 3 rings (SSSR count). The average molecular weight is 376 g/mol. The zero-order valence-corrected chi connectivity index (χ0v) is 15.8. The minimum Gasteiger partial charge on any atom is -0.465 e. The van der Waals surface area contributed by atoms with Crippen LogP contribution in [-0.2, 0) is 4.74 Å². The van der Waals surface area contributed by atoms with E-state index in [1.807, 2.05) is 32.0 Å². The Labute approximate surface area is 162 Å². The van der Waals surface area contributed by atoms with Gasteiger partial charge in [-0.05, 0) is 49.2 Å². The molecule has 0 bridgehead atoms. The lowest BCUT2D eigenvalue weighted by Gasteiger charge is -2.11. The highest BCUT2D eigenvalue weighted by Gasteiger charge is 2.11. The van der Waals surface area contributed by atoms with Gasteiger partial charge >= 0.3 is 5.97 Å². The Bertz CT molecular complexity index is 979. The molecular formula is C21H20N4O3. The summed E-state index contributed by atoms with van der Waals surface area (Å²) in [6.07, 6.45) is 2.92. The van der Waals surface area contributed by atoms with Crippen molar-refractivity contribution in [1.82, 2.24) is 9.97 Å². The number of nitrogens with zero attached hydrogens (tertiary/aromatic N) is 2. The number of benzene rings is 2. The van der Waals surface area contributed by atoms with Gasteiger partial charge in [0.15, 0.2) is 0 Å². The van der Waals surface area contributed by atoms with Gasteiger partial charge in [0.05, 0.1) is 18.2 Å². The van der Waals surface area contributed by atoms with Crippen LogP contribution in [0.4, 0.5) is 17.3 Å². The molecule has 0 spiro atoms. The first-order chi connectivity index (χ1) is 13.5. The first-order valence-corrected chi connectivity index (χ1v) is 8.63. The number of amides is 1. The van der Waals surface area contributed by atoms with E-state index >= 15 is 0 Å². The molecule has 1 amide bonds. The molecule has 0 aliphatic carbocycles. The van der Waals surface area contributed by atoms with Gasteiger partial charge in [-0.3, -0.25) is 4.79 Å². The highest BCUT2D eigenvalue weighted by atomic mass is 16.5. The Balaban J connectivity index is 1.68. The molecule has 0 unspecified atom stereocenters. The highest BCUT2D eigenvalue weighted by molar-refractivity contribution is 6.04. The number of para-hydroxylation sites is 1. The van der Waals surface area contributed by atoms with E-state index in [-0.39, 0.29) is 5.91 Å². The fourth-order valence-corrected chi connectivity index (χ4v) is 2.64. The quantitative estimate of drug-likeness (QED) is 0.657. The first kappa shape index (κ1) is 19.0. The number of carbonyl (C=O) groups excluding carboxylic acids is 2. The van der Waals surface area contributed by atoms with Gasteiger partial charge in [-0.15, -0.1) is 0 Å². The van der Waals surface area contributed by atoms with Gasteiger partial charge in [-0.25, -0.2) is 14.8 Å². The van der Waals surface area contributed by atoms with E-state index in [9.17, 15) is 9.59 Å². The predicted molar refractivity (Wildman–Crippen MR) is 107 cm³/mol. The van der Waals surface area contributed by atoms with E-state index in [4.69, 9.17) is 0 Å². The van der Waals surface area contributed by atoms with Crippen LogP contribution in [0.2, 0.25) is 0 Å². The van der Waals surface area contributed by atoms with Gasteiger partial charge in [0.25, 0.3) is 5.91 Å². The number of anilines is 3. The van der Waals surface area contributed by atoms with Gasteiger partial charge in [0.2, 0.25) is 5.95 Å². The minimum absolute atomic E-state index is 0.272. The zero-order valence-electron chi connectivity index (χ0n) is 15.8. The molecule has 0 aliphatic heterocycles. The molecule has 0 aliphatic rings. The Morgan fingerprint density at radius 1 is 0.893 bits per heavy atom. The van der Waals surface area contributed by atoms with E-state index in [2.05, 4.69) is 25.3 Å². The molecule has 0 saturated heterocycles. The summed E-state index contributed by atoms with van der Waals surface area (Å²) in [6, 6.07) is 12.5. The van der Waals surface area contributed by atoms with Gasteiger partial charge in [0.1, 0.15) is 0 Å². The van der Waals surface area contributed by atoms with Gasteiger partial charge < -0.3 is 15.4 Å². The van der Waals surface area contributed by atoms with Crippen molar-refractivity contribution in [3.63, 3.8) is 0 Å². The van der Waals surface area contributed by atoms with Crippen LogP contribution in [0.25, 0.3) is 0 Å². The lowest BCUT2D eigenvalue weighted by molar-refractivity contribution is 0.0600. The van der Waals surface area contributed by atoms with Crippen molar-refractivity contribution in [1.29, 1.82) is 0 Å². The Kier molecular flexibility index (Phi) is 5.64. The summed E-state index contributed by atoms with van der Waals surface area (Å²) >= 11 is 0. The number of esters is 1. The van der Waals surface area contributed by atoms with Crippen LogP contribution in [0.5, 0.6) is 0 Å². The molecule has 7 nitrogen and oxygen atoms in total. The molecule has 0 saturated carbocycles. The van der Waals surface area contributed by atoms with Crippen LogP contribution < -0.4 is 10.6 Å². The summed E-state index contributed by atoms with van der Waals surface area (Å²) in [5.41, 5.74) is 4.29. The maximum Gasteiger partial charge on any atom is 0.337 e. The number of rotatable bonds is 5. The number of hydrogen-bond donors (Lipinski definition) is 2. The van der Waals surface area contributed by atoms with E-state index in [0.29, 0.717) is 22.8 Å². The summed E-state index contributed by atoms with van der Waals surface area (Å²) < 4.78 is 4.67. The summed E-state index contributed by atoms with van der Waals surface area (Å²) in [6.45, 7) is 3.88. The molecule has 0 radical (unpaired) electrons. The third-order valence-electron chi connectivity index (χ3n) is 4.20. The zero-order chi connectivity index (χ0) is 20.1. The number of nitrogens with one attached hydrogen (secondary N) is 2. The second kappa shape index (κ2) is 8.30. The molecule has 2 N–H and O–H groups in total.